The Balaban J connectivity index is 2.08. The third-order valence-electron chi connectivity index (χ3n) is 8.50. The van der Waals surface area contributed by atoms with E-state index in [9.17, 15) is 10.1 Å². The van der Waals surface area contributed by atoms with E-state index in [1.807, 2.05) is 20.8 Å². The molecule has 7 heteroatoms. The van der Waals surface area contributed by atoms with Crippen molar-refractivity contribution < 1.29 is 4.92 Å². The molecule has 8 bridgehead atoms. The largest absolute Gasteiger partial charge is 0.355 e. The van der Waals surface area contributed by atoms with Crippen LogP contribution in [0.3, 0.4) is 0 Å². The molecule has 39 heavy (non-hydrogen) atoms. The van der Waals surface area contributed by atoms with Gasteiger partial charge in [-0.15, -0.1) is 0 Å². The molecule has 0 amide bonds. The van der Waals surface area contributed by atoms with Crippen molar-refractivity contribution in [1.29, 1.82) is 0 Å². The highest BCUT2D eigenvalue weighted by molar-refractivity contribution is 5.99. The second-order valence-electron chi connectivity index (χ2n) is 10.5. The van der Waals surface area contributed by atoms with E-state index in [2.05, 4.69) is 62.8 Å². The first-order chi connectivity index (χ1) is 18.6. The van der Waals surface area contributed by atoms with Gasteiger partial charge < -0.3 is 9.97 Å². The molecule has 7 nitrogen and oxygen atoms in total. The standard InChI is InChI=1S/C32H37N5O2/c1-9-20-17(6)25-14-29-22(11-3)19(8)30(36-29)32(37(38)39)31-23(12-4)18(7)26(35-31)15-28-21(10-2)16(5)24(33-28)13-27(20)34-25/h13-15,33-34H,9-12H2,1-8H3. The Bertz CT molecular complexity index is 1760. The van der Waals surface area contributed by atoms with Crippen molar-refractivity contribution >= 4 is 50.0 Å². The minimum absolute atomic E-state index is 0.0147. The highest BCUT2D eigenvalue weighted by atomic mass is 16.6. The molecule has 2 aliphatic heterocycles. The van der Waals surface area contributed by atoms with Gasteiger partial charge in [0.2, 0.25) is 0 Å². The van der Waals surface area contributed by atoms with E-state index in [1.54, 1.807) is 0 Å². The molecule has 0 fully saturated rings. The van der Waals surface area contributed by atoms with Gasteiger partial charge in [-0.05, 0) is 116 Å². The average molecular weight is 524 g/mol. The summed E-state index contributed by atoms with van der Waals surface area (Å²) in [5, 5.41) is 12.7. The highest BCUT2D eigenvalue weighted by Crippen LogP contribution is 2.42. The Kier molecular flexibility index (Phi) is 6.79. The van der Waals surface area contributed by atoms with Gasteiger partial charge in [-0.2, -0.15) is 0 Å². The number of aromatic nitrogens is 4. The molecule has 0 unspecified atom stereocenters. The number of nitrogens with zero attached hydrogens (tertiary/aromatic N) is 3. The Morgan fingerprint density at radius 3 is 1.72 bits per heavy atom. The van der Waals surface area contributed by atoms with Gasteiger partial charge in [0.25, 0.3) is 0 Å². The molecule has 0 aromatic carbocycles. The van der Waals surface area contributed by atoms with Crippen molar-refractivity contribution in [2.45, 2.75) is 81.1 Å². The fourth-order valence-corrected chi connectivity index (χ4v) is 6.28. The molecule has 0 radical (unpaired) electrons. The molecule has 0 aliphatic carbocycles. The minimum atomic E-state index is -0.303. The molecule has 3 aromatic rings. The van der Waals surface area contributed by atoms with E-state index >= 15 is 0 Å². The smallest absolute Gasteiger partial charge is 0.320 e. The molecule has 0 saturated carbocycles. The summed E-state index contributed by atoms with van der Waals surface area (Å²) in [5.41, 5.74) is 15.1. The first kappa shape index (κ1) is 26.6. The van der Waals surface area contributed by atoms with Gasteiger partial charge in [-0.1, -0.05) is 27.7 Å². The number of nitro groups is 1. The van der Waals surface area contributed by atoms with Crippen LogP contribution in [0.4, 0.5) is 5.69 Å². The Morgan fingerprint density at radius 1 is 0.667 bits per heavy atom. The van der Waals surface area contributed by atoms with Crippen LogP contribution in [0.25, 0.3) is 44.4 Å². The summed E-state index contributed by atoms with van der Waals surface area (Å²) in [6.07, 6.45) is 3.13. The number of allylic oxidation sites excluding steroid dienone is 4. The van der Waals surface area contributed by atoms with Crippen molar-refractivity contribution in [2.75, 3.05) is 0 Å². The monoisotopic (exact) mass is 523 g/mol. The second kappa shape index (κ2) is 9.95. The van der Waals surface area contributed by atoms with Gasteiger partial charge in [-0.3, -0.25) is 10.1 Å². The van der Waals surface area contributed by atoms with Gasteiger partial charge in [0, 0.05) is 22.1 Å². The van der Waals surface area contributed by atoms with Gasteiger partial charge in [-0.25, -0.2) is 9.97 Å². The Hall–Kier alpha value is -4.00. The SMILES string of the molecule is CCC1=C(C)c2nc1cc1[nH]c(cc3[nH]c(cc4nc(c2[N+](=O)[O-])C(CC)=C4C)c(CC)c3C)c(CC)c1C. The fraction of sp³-hybridized carbons (Fsp3) is 0.375. The molecule has 2 N–H and O–H groups in total. The van der Waals surface area contributed by atoms with Crippen LogP contribution in [-0.2, 0) is 12.8 Å². The van der Waals surface area contributed by atoms with Crippen molar-refractivity contribution in [1.82, 2.24) is 19.9 Å². The molecule has 0 spiro atoms. The lowest BCUT2D eigenvalue weighted by Crippen LogP contribution is -1.98. The summed E-state index contributed by atoms with van der Waals surface area (Å²) < 4.78 is 0. The van der Waals surface area contributed by atoms with Crippen LogP contribution in [-0.4, -0.2) is 24.9 Å². The van der Waals surface area contributed by atoms with Crippen molar-refractivity contribution in [2.24, 2.45) is 0 Å². The number of fused-ring (bicyclic) bond motifs is 8. The summed E-state index contributed by atoms with van der Waals surface area (Å²) in [5.74, 6) is 0. The number of aryl methyl sites for hydroxylation is 4. The number of nitrogens with one attached hydrogen (secondary N) is 2. The molecule has 202 valence electrons. The lowest BCUT2D eigenvalue weighted by Gasteiger charge is -2.03. The predicted molar refractivity (Wildman–Crippen MR) is 161 cm³/mol. The number of aromatic amines is 2. The van der Waals surface area contributed by atoms with Gasteiger partial charge >= 0.3 is 5.69 Å². The quantitative estimate of drug-likeness (QED) is 0.258. The third-order valence-corrected chi connectivity index (χ3v) is 8.50. The summed E-state index contributed by atoms with van der Waals surface area (Å²) in [6.45, 7) is 16.7. The van der Waals surface area contributed by atoms with E-state index in [1.165, 1.54) is 22.3 Å². The molecule has 2 aliphatic rings. The predicted octanol–water partition coefficient (Wildman–Crippen LogP) is 8.65. The number of rotatable bonds is 5. The number of hydrogen-bond acceptors (Lipinski definition) is 4. The summed E-state index contributed by atoms with van der Waals surface area (Å²) >= 11 is 0. The topological polar surface area (TPSA) is 100 Å². The van der Waals surface area contributed by atoms with E-state index in [0.29, 0.717) is 17.8 Å². The minimum Gasteiger partial charge on any atom is -0.355 e. The zero-order chi connectivity index (χ0) is 28.2. The second-order valence-corrected chi connectivity index (χ2v) is 10.5. The first-order valence-corrected chi connectivity index (χ1v) is 14.0. The van der Waals surface area contributed by atoms with Crippen molar-refractivity contribution in [3.63, 3.8) is 0 Å². The zero-order valence-corrected chi connectivity index (χ0v) is 24.2. The van der Waals surface area contributed by atoms with Gasteiger partial charge in [0.1, 0.15) is 11.4 Å². The zero-order valence-electron chi connectivity index (χ0n) is 24.2. The number of hydrogen-bond donors (Lipinski definition) is 2. The molecule has 0 atom stereocenters. The lowest BCUT2D eigenvalue weighted by atomic mass is 9.99. The first-order valence-electron chi connectivity index (χ1n) is 14.0. The van der Waals surface area contributed by atoms with Crippen molar-refractivity contribution in [3.8, 4) is 0 Å². The van der Waals surface area contributed by atoms with Crippen molar-refractivity contribution in [3.05, 3.63) is 73.3 Å². The van der Waals surface area contributed by atoms with E-state index in [-0.39, 0.29) is 10.6 Å². The maximum atomic E-state index is 12.7. The maximum Gasteiger partial charge on any atom is 0.320 e. The molecule has 5 heterocycles. The summed E-state index contributed by atoms with van der Waals surface area (Å²) in [6, 6.07) is 6.32. The van der Waals surface area contributed by atoms with Crippen LogP contribution < -0.4 is 0 Å². The lowest BCUT2D eigenvalue weighted by molar-refractivity contribution is -0.385. The van der Waals surface area contributed by atoms with Crippen LogP contribution in [0, 0.1) is 24.0 Å². The number of H-pyrrole nitrogens is 2. The third kappa shape index (κ3) is 4.11. The van der Waals surface area contributed by atoms with Gasteiger partial charge in [0.15, 0.2) is 0 Å². The van der Waals surface area contributed by atoms with E-state index in [4.69, 9.17) is 9.97 Å². The summed E-state index contributed by atoms with van der Waals surface area (Å²) in [7, 11) is 0. The molecule has 5 rings (SSSR count). The molecular weight excluding hydrogens is 486 g/mol. The van der Waals surface area contributed by atoms with Crippen LogP contribution in [0.5, 0.6) is 0 Å². The average Bonchev–Trinajstić information content (AvgIpc) is 3.57. The Morgan fingerprint density at radius 2 is 1.18 bits per heavy atom. The van der Waals surface area contributed by atoms with E-state index in [0.717, 1.165) is 75.0 Å². The molecule has 3 aromatic heterocycles. The molecular formula is C32H37N5O2. The van der Waals surface area contributed by atoms with Crippen LogP contribution in [0.15, 0.2) is 18.2 Å². The fourth-order valence-electron chi connectivity index (χ4n) is 6.28. The Labute approximate surface area is 229 Å². The van der Waals surface area contributed by atoms with Crippen LogP contribution in [0.2, 0.25) is 0 Å². The van der Waals surface area contributed by atoms with Crippen LogP contribution >= 0.6 is 0 Å². The maximum absolute atomic E-state index is 12.7. The molecule has 0 saturated heterocycles. The summed E-state index contributed by atoms with van der Waals surface area (Å²) in [4.78, 5) is 29.5. The van der Waals surface area contributed by atoms with Crippen LogP contribution in [0.1, 0.15) is 99.4 Å². The van der Waals surface area contributed by atoms with E-state index < -0.39 is 0 Å². The highest BCUT2D eigenvalue weighted by Gasteiger charge is 2.31. The van der Waals surface area contributed by atoms with Gasteiger partial charge in [0.05, 0.1) is 16.3 Å². The normalized spacial score (nSPS) is 13.5.